The van der Waals surface area contributed by atoms with E-state index in [4.69, 9.17) is 21.1 Å². The average Bonchev–Trinajstić information content (AvgIpc) is 3.12. The molecular weight excluding hydrogens is 466 g/mol. The molecule has 0 amide bonds. The lowest BCUT2D eigenvalue weighted by Crippen LogP contribution is -2.52. The van der Waals surface area contributed by atoms with Crippen molar-refractivity contribution >= 4 is 17.4 Å². The fourth-order valence-corrected chi connectivity index (χ4v) is 4.25. The molecule has 35 heavy (non-hydrogen) atoms. The number of rotatable bonds is 8. The molecule has 0 atom stereocenters. The number of halogens is 1. The van der Waals surface area contributed by atoms with Crippen LogP contribution in [0.5, 0.6) is 11.5 Å². The fourth-order valence-electron chi connectivity index (χ4n) is 4.07. The van der Waals surface area contributed by atoms with E-state index in [9.17, 15) is 4.79 Å². The number of aromatic nitrogens is 4. The zero-order valence-electron chi connectivity index (χ0n) is 19.6. The van der Waals surface area contributed by atoms with Crippen molar-refractivity contribution in [2.24, 2.45) is 0 Å². The Hall–Kier alpha value is -3.62. The molecule has 9 heteroatoms. The number of anilines is 1. The first-order chi connectivity index (χ1) is 17.0. The molecule has 0 saturated carbocycles. The Bertz CT molecular complexity index is 1360. The third-order valence-corrected chi connectivity index (χ3v) is 6.22. The minimum Gasteiger partial charge on any atom is -0.452 e. The largest absolute Gasteiger partial charge is 0.452 e. The molecule has 1 aliphatic rings. The zero-order valence-corrected chi connectivity index (χ0v) is 20.4. The van der Waals surface area contributed by atoms with Gasteiger partial charge in [-0.1, -0.05) is 41.9 Å². The number of hydrogen-bond donors (Lipinski definition) is 0. The van der Waals surface area contributed by atoms with Crippen LogP contribution in [0.3, 0.4) is 0 Å². The molecule has 180 valence electrons. The number of benzene rings is 2. The summed E-state index contributed by atoms with van der Waals surface area (Å²) in [5.41, 5.74) is 1.50. The Labute approximate surface area is 208 Å². The Balaban J connectivity index is 1.35. The summed E-state index contributed by atoms with van der Waals surface area (Å²) in [6.45, 7) is 6.45. The van der Waals surface area contributed by atoms with Gasteiger partial charge in [0, 0.05) is 25.9 Å². The highest BCUT2D eigenvalue weighted by Gasteiger charge is 2.31. The predicted molar refractivity (Wildman–Crippen MR) is 135 cm³/mol. The number of nitrogens with zero attached hydrogens (tertiary/aromatic N) is 5. The molecule has 4 aromatic rings. The summed E-state index contributed by atoms with van der Waals surface area (Å²) in [4.78, 5) is 19.6. The van der Waals surface area contributed by atoms with E-state index in [2.05, 4.69) is 15.0 Å². The van der Waals surface area contributed by atoms with Crippen molar-refractivity contribution in [3.63, 3.8) is 0 Å². The van der Waals surface area contributed by atoms with Crippen LogP contribution in [0.25, 0.3) is 5.69 Å². The van der Waals surface area contributed by atoms with Crippen LogP contribution in [0.15, 0.2) is 71.7 Å². The van der Waals surface area contributed by atoms with E-state index in [1.165, 1.54) is 4.68 Å². The van der Waals surface area contributed by atoms with E-state index in [0.717, 1.165) is 18.7 Å². The van der Waals surface area contributed by atoms with Crippen molar-refractivity contribution < 1.29 is 9.47 Å². The summed E-state index contributed by atoms with van der Waals surface area (Å²) in [6.07, 6.45) is 1.86. The summed E-state index contributed by atoms with van der Waals surface area (Å²) in [5, 5.41) is 4.94. The van der Waals surface area contributed by atoms with Gasteiger partial charge in [-0.05, 0) is 49.7 Å². The SMILES string of the molecule is CCOC1CN(c2nccc(Cl)c2Oc2ccc(-n3nc(C)n(Cc4ccccc4)c3=O)cc2)C1. The minimum atomic E-state index is -0.195. The lowest BCUT2D eigenvalue weighted by atomic mass is 10.1. The topological polar surface area (TPSA) is 74.4 Å². The van der Waals surface area contributed by atoms with E-state index in [-0.39, 0.29) is 11.8 Å². The highest BCUT2D eigenvalue weighted by Crippen LogP contribution is 2.39. The first kappa shape index (κ1) is 23.1. The molecule has 1 saturated heterocycles. The van der Waals surface area contributed by atoms with Crippen LogP contribution in [0, 0.1) is 6.92 Å². The van der Waals surface area contributed by atoms with Crippen molar-refractivity contribution in [1.29, 1.82) is 0 Å². The highest BCUT2D eigenvalue weighted by molar-refractivity contribution is 6.32. The van der Waals surface area contributed by atoms with Crippen LogP contribution in [-0.2, 0) is 11.3 Å². The van der Waals surface area contributed by atoms with Gasteiger partial charge in [0.25, 0.3) is 0 Å². The Morgan fingerprint density at radius 1 is 1.06 bits per heavy atom. The van der Waals surface area contributed by atoms with Crippen LogP contribution >= 0.6 is 11.6 Å². The van der Waals surface area contributed by atoms with Crippen molar-refractivity contribution in [3.8, 4) is 17.2 Å². The summed E-state index contributed by atoms with van der Waals surface area (Å²) in [7, 11) is 0. The molecule has 0 unspecified atom stereocenters. The maximum Gasteiger partial charge on any atom is 0.351 e. The van der Waals surface area contributed by atoms with Gasteiger partial charge in [0.1, 0.15) is 11.6 Å². The van der Waals surface area contributed by atoms with E-state index in [1.807, 2.05) is 44.2 Å². The average molecular weight is 492 g/mol. The first-order valence-corrected chi connectivity index (χ1v) is 11.9. The second kappa shape index (κ2) is 9.93. The van der Waals surface area contributed by atoms with Crippen molar-refractivity contribution in [2.45, 2.75) is 26.5 Å². The molecule has 0 N–H and O–H groups in total. The van der Waals surface area contributed by atoms with Crippen LogP contribution in [-0.4, -0.2) is 45.1 Å². The lowest BCUT2D eigenvalue weighted by Gasteiger charge is -2.40. The van der Waals surface area contributed by atoms with Gasteiger partial charge in [-0.2, -0.15) is 9.78 Å². The van der Waals surface area contributed by atoms with Gasteiger partial charge in [-0.3, -0.25) is 4.57 Å². The molecule has 1 aliphatic heterocycles. The second-order valence-electron chi connectivity index (χ2n) is 8.34. The molecule has 0 bridgehead atoms. The van der Waals surface area contributed by atoms with E-state index >= 15 is 0 Å². The van der Waals surface area contributed by atoms with Gasteiger partial charge < -0.3 is 14.4 Å². The molecule has 0 aliphatic carbocycles. The van der Waals surface area contributed by atoms with E-state index < -0.39 is 0 Å². The third kappa shape index (κ3) is 4.80. The maximum atomic E-state index is 13.0. The van der Waals surface area contributed by atoms with Crippen LogP contribution in [0.4, 0.5) is 5.82 Å². The normalized spacial score (nSPS) is 13.6. The van der Waals surface area contributed by atoms with E-state index in [0.29, 0.717) is 47.0 Å². The Morgan fingerprint density at radius 2 is 1.80 bits per heavy atom. The Kier molecular flexibility index (Phi) is 6.57. The molecule has 5 rings (SSSR count). The second-order valence-corrected chi connectivity index (χ2v) is 8.74. The van der Waals surface area contributed by atoms with E-state index in [1.54, 1.807) is 41.1 Å². The van der Waals surface area contributed by atoms with Crippen LogP contribution in [0.1, 0.15) is 18.3 Å². The molecule has 3 heterocycles. The molecule has 2 aromatic heterocycles. The number of ether oxygens (including phenoxy) is 2. The Morgan fingerprint density at radius 3 is 2.51 bits per heavy atom. The monoisotopic (exact) mass is 491 g/mol. The van der Waals surface area contributed by atoms with Crippen LogP contribution < -0.4 is 15.3 Å². The molecule has 1 fully saturated rings. The number of hydrogen-bond acceptors (Lipinski definition) is 6. The summed E-state index contributed by atoms with van der Waals surface area (Å²) < 4.78 is 14.8. The van der Waals surface area contributed by atoms with Crippen LogP contribution in [0.2, 0.25) is 5.02 Å². The standard InChI is InChI=1S/C26H26ClN5O3/c1-3-34-22-16-30(17-22)25-24(23(27)13-14-28-25)35-21-11-9-20(10-12-21)32-26(33)31(18(2)29-32)15-19-7-5-4-6-8-19/h4-14,22H,3,15-17H2,1-2H3. The van der Waals surface area contributed by atoms with Crippen molar-refractivity contribution in [2.75, 3.05) is 24.6 Å². The third-order valence-electron chi connectivity index (χ3n) is 5.92. The summed E-state index contributed by atoms with van der Waals surface area (Å²) in [6, 6.07) is 18.7. The van der Waals surface area contributed by atoms with Crippen molar-refractivity contribution in [1.82, 2.24) is 19.3 Å². The smallest absolute Gasteiger partial charge is 0.351 e. The molecule has 0 spiro atoms. The zero-order chi connectivity index (χ0) is 24.4. The lowest BCUT2D eigenvalue weighted by molar-refractivity contribution is 0.0425. The molecular formula is C26H26ClN5O3. The molecule has 8 nitrogen and oxygen atoms in total. The van der Waals surface area contributed by atoms with Gasteiger partial charge in [0.2, 0.25) is 0 Å². The predicted octanol–water partition coefficient (Wildman–Crippen LogP) is 4.46. The van der Waals surface area contributed by atoms with Gasteiger partial charge in [-0.15, -0.1) is 0 Å². The van der Waals surface area contributed by atoms with Gasteiger partial charge in [-0.25, -0.2) is 9.78 Å². The fraction of sp³-hybridized carbons (Fsp3) is 0.269. The maximum absolute atomic E-state index is 13.0. The highest BCUT2D eigenvalue weighted by atomic mass is 35.5. The van der Waals surface area contributed by atoms with Gasteiger partial charge >= 0.3 is 5.69 Å². The van der Waals surface area contributed by atoms with Gasteiger partial charge in [0.15, 0.2) is 11.6 Å². The number of pyridine rings is 1. The van der Waals surface area contributed by atoms with Gasteiger partial charge in [0.05, 0.1) is 23.4 Å². The first-order valence-electron chi connectivity index (χ1n) is 11.5. The summed E-state index contributed by atoms with van der Waals surface area (Å²) >= 11 is 6.46. The minimum absolute atomic E-state index is 0.191. The number of aryl methyl sites for hydroxylation is 1. The summed E-state index contributed by atoms with van der Waals surface area (Å²) in [5.74, 6) is 2.41. The van der Waals surface area contributed by atoms with Crippen molar-refractivity contribution in [3.05, 3.63) is 93.8 Å². The quantitative estimate of drug-likeness (QED) is 0.362. The molecule has 2 aromatic carbocycles. The molecule has 0 radical (unpaired) electrons.